The molecule has 4 nitrogen and oxygen atoms in total. The Balaban J connectivity index is 2.62. The van der Waals surface area contributed by atoms with Gasteiger partial charge in [0.2, 0.25) is 5.95 Å². The molecule has 5 heteroatoms. The van der Waals surface area contributed by atoms with Crippen molar-refractivity contribution in [3.8, 4) is 0 Å². The minimum absolute atomic E-state index is 0.449. The molecule has 0 aliphatic heterocycles. The van der Waals surface area contributed by atoms with Crippen molar-refractivity contribution in [2.45, 2.75) is 13.8 Å². The second kappa shape index (κ2) is 4.99. The van der Waals surface area contributed by atoms with E-state index in [-0.39, 0.29) is 0 Å². The van der Waals surface area contributed by atoms with Crippen LogP contribution >= 0.6 is 11.6 Å². The Morgan fingerprint density at radius 1 is 1.46 bits per heavy atom. The van der Waals surface area contributed by atoms with Gasteiger partial charge in [0, 0.05) is 19.3 Å². The van der Waals surface area contributed by atoms with Gasteiger partial charge >= 0.3 is 0 Å². The largest absolute Gasteiger partial charge is 0.287 e. The number of anilines is 1. The van der Waals surface area contributed by atoms with Gasteiger partial charge in [-0.2, -0.15) is 0 Å². The molecule has 0 aliphatic rings. The maximum Gasteiger partial charge on any atom is 0.238 e. The van der Waals surface area contributed by atoms with Gasteiger partial charge in [0.05, 0.1) is 0 Å². The number of hydrogen-bond acceptors (Lipinski definition) is 4. The van der Waals surface area contributed by atoms with Crippen LogP contribution in [0, 0.1) is 0 Å². The zero-order valence-corrected chi connectivity index (χ0v) is 8.54. The normalized spacial score (nSPS) is 10.5. The first-order valence-electron chi connectivity index (χ1n) is 4.26. The molecule has 0 radical (unpaired) electrons. The fourth-order valence-electron chi connectivity index (χ4n) is 0.914. The van der Waals surface area contributed by atoms with E-state index in [4.69, 9.17) is 11.6 Å². The molecule has 1 N–H and O–H groups in total. The molecule has 0 bridgehead atoms. The fraction of sp³-hybridized carbons (Fsp3) is 0.500. The molecule has 0 saturated carbocycles. The van der Waals surface area contributed by atoms with Crippen molar-refractivity contribution >= 4 is 17.5 Å². The third kappa shape index (κ3) is 3.16. The van der Waals surface area contributed by atoms with E-state index in [1.807, 2.05) is 5.01 Å². The average Bonchev–Trinajstić information content (AvgIpc) is 2.14. The van der Waals surface area contributed by atoms with Crippen LogP contribution < -0.4 is 5.43 Å². The average molecular weight is 201 g/mol. The molecule has 1 heterocycles. The Morgan fingerprint density at radius 2 is 2.15 bits per heavy atom. The van der Waals surface area contributed by atoms with E-state index in [0.29, 0.717) is 11.1 Å². The molecule has 0 amide bonds. The van der Waals surface area contributed by atoms with Crippen molar-refractivity contribution < 1.29 is 0 Å². The van der Waals surface area contributed by atoms with Gasteiger partial charge in [-0.1, -0.05) is 25.4 Å². The van der Waals surface area contributed by atoms with Crippen molar-refractivity contribution in [1.82, 2.24) is 15.0 Å². The summed E-state index contributed by atoms with van der Waals surface area (Å²) < 4.78 is 0. The number of hydrogen-bond donors (Lipinski definition) is 1. The quantitative estimate of drug-likeness (QED) is 0.595. The first kappa shape index (κ1) is 10.2. The lowest BCUT2D eigenvalue weighted by Gasteiger charge is -2.18. The number of hydrazine groups is 1. The zero-order valence-electron chi connectivity index (χ0n) is 7.79. The number of halogens is 1. The van der Waals surface area contributed by atoms with Crippen LogP contribution in [0.3, 0.4) is 0 Å². The van der Waals surface area contributed by atoms with E-state index in [2.05, 4.69) is 29.2 Å². The van der Waals surface area contributed by atoms with Crippen molar-refractivity contribution in [2.24, 2.45) is 0 Å². The Hall–Kier alpha value is -0.870. The van der Waals surface area contributed by atoms with Gasteiger partial charge in [0.15, 0.2) is 0 Å². The number of rotatable bonds is 4. The lowest BCUT2D eigenvalue weighted by molar-refractivity contribution is 0.363. The van der Waals surface area contributed by atoms with Crippen LogP contribution in [0.25, 0.3) is 0 Å². The number of nitrogens with zero attached hydrogens (tertiary/aromatic N) is 3. The molecule has 72 valence electrons. The first-order valence-corrected chi connectivity index (χ1v) is 4.64. The van der Waals surface area contributed by atoms with Gasteiger partial charge in [0.1, 0.15) is 5.15 Å². The van der Waals surface area contributed by atoms with Gasteiger partial charge in [-0.25, -0.2) is 15.0 Å². The van der Waals surface area contributed by atoms with E-state index in [0.717, 1.165) is 13.1 Å². The highest BCUT2D eigenvalue weighted by Gasteiger charge is 2.01. The molecule has 0 spiro atoms. The van der Waals surface area contributed by atoms with E-state index in [1.165, 1.54) is 0 Å². The lowest BCUT2D eigenvalue weighted by atomic mass is 10.6. The molecule has 0 atom stereocenters. The van der Waals surface area contributed by atoms with Crippen molar-refractivity contribution in [3.05, 3.63) is 17.4 Å². The maximum atomic E-state index is 5.71. The van der Waals surface area contributed by atoms with E-state index < -0.39 is 0 Å². The van der Waals surface area contributed by atoms with Gasteiger partial charge in [-0.3, -0.25) is 5.43 Å². The summed E-state index contributed by atoms with van der Waals surface area (Å²) in [6.45, 7) is 5.90. The molecule has 0 aliphatic carbocycles. The van der Waals surface area contributed by atoms with Crippen molar-refractivity contribution in [2.75, 3.05) is 18.5 Å². The molecule has 13 heavy (non-hydrogen) atoms. The summed E-state index contributed by atoms with van der Waals surface area (Å²) in [5.74, 6) is 0.538. The number of aromatic nitrogens is 2. The molecule has 0 unspecified atom stereocenters. The Kier molecular flexibility index (Phi) is 3.92. The predicted molar refractivity (Wildman–Crippen MR) is 53.6 cm³/mol. The summed E-state index contributed by atoms with van der Waals surface area (Å²) in [4.78, 5) is 8.04. The summed E-state index contributed by atoms with van der Waals surface area (Å²) in [6, 6.07) is 1.65. The van der Waals surface area contributed by atoms with Crippen LogP contribution in [0.1, 0.15) is 13.8 Å². The van der Waals surface area contributed by atoms with E-state index >= 15 is 0 Å². The molecular formula is C8H13ClN4. The van der Waals surface area contributed by atoms with Crippen LogP contribution in [-0.4, -0.2) is 28.1 Å². The Bertz CT molecular complexity index is 262. The first-order chi connectivity index (χ1) is 6.26. The van der Waals surface area contributed by atoms with E-state index in [1.54, 1.807) is 12.3 Å². The molecule has 0 aromatic carbocycles. The van der Waals surface area contributed by atoms with Crippen LogP contribution in [0.2, 0.25) is 5.15 Å². The smallest absolute Gasteiger partial charge is 0.238 e. The van der Waals surface area contributed by atoms with Gasteiger partial charge < -0.3 is 0 Å². The third-order valence-corrected chi connectivity index (χ3v) is 1.85. The molecule has 0 fully saturated rings. The van der Waals surface area contributed by atoms with Crippen LogP contribution in [-0.2, 0) is 0 Å². The summed E-state index contributed by atoms with van der Waals surface area (Å²) in [7, 11) is 0. The fourth-order valence-corrected chi connectivity index (χ4v) is 1.05. The second-order valence-electron chi connectivity index (χ2n) is 2.49. The second-order valence-corrected chi connectivity index (χ2v) is 2.87. The SMILES string of the molecule is CCN(CC)Nc1nccc(Cl)n1. The highest BCUT2D eigenvalue weighted by atomic mass is 35.5. The Labute approximate surface area is 82.9 Å². The highest BCUT2D eigenvalue weighted by molar-refractivity contribution is 6.29. The van der Waals surface area contributed by atoms with Crippen molar-refractivity contribution in [1.29, 1.82) is 0 Å². The summed E-state index contributed by atoms with van der Waals surface area (Å²) in [5, 5.41) is 2.44. The molecule has 1 aromatic rings. The molecule has 1 aromatic heterocycles. The van der Waals surface area contributed by atoms with Gasteiger partial charge in [0.25, 0.3) is 0 Å². The molecular weight excluding hydrogens is 188 g/mol. The molecule has 1 rings (SSSR count). The van der Waals surface area contributed by atoms with Gasteiger partial charge in [-0.05, 0) is 6.07 Å². The predicted octanol–water partition coefficient (Wildman–Crippen LogP) is 1.80. The number of nitrogens with one attached hydrogen (secondary N) is 1. The van der Waals surface area contributed by atoms with Crippen LogP contribution in [0.15, 0.2) is 12.3 Å². The monoisotopic (exact) mass is 200 g/mol. The van der Waals surface area contributed by atoms with Crippen LogP contribution in [0.4, 0.5) is 5.95 Å². The summed E-state index contributed by atoms with van der Waals surface area (Å²) in [5.41, 5.74) is 3.05. The third-order valence-electron chi connectivity index (χ3n) is 1.64. The maximum absolute atomic E-state index is 5.71. The minimum Gasteiger partial charge on any atom is -0.287 e. The van der Waals surface area contributed by atoms with Crippen molar-refractivity contribution in [3.63, 3.8) is 0 Å². The topological polar surface area (TPSA) is 41.0 Å². The lowest BCUT2D eigenvalue weighted by Crippen LogP contribution is -2.30. The van der Waals surface area contributed by atoms with E-state index in [9.17, 15) is 0 Å². The molecule has 0 saturated heterocycles. The highest BCUT2D eigenvalue weighted by Crippen LogP contribution is 2.06. The van der Waals surface area contributed by atoms with Crippen LogP contribution in [0.5, 0.6) is 0 Å². The standard InChI is InChI=1S/C8H13ClN4/c1-3-13(4-2)12-8-10-6-5-7(9)11-8/h5-6H,3-4H2,1-2H3,(H,10,11,12). The summed E-state index contributed by atoms with van der Waals surface area (Å²) in [6.07, 6.45) is 1.63. The zero-order chi connectivity index (χ0) is 9.68. The minimum atomic E-state index is 0.449. The van der Waals surface area contributed by atoms with Gasteiger partial charge in [-0.15, -0.1) is 0 Å². The summed E-state index contributed by atoms with van der Waals surface area (Å²) >= 11 is 5.71. The Morgan fingerprint density at radius 3 is 2.69 bits per heavy atom.